The van der Waals surface area contributed by atoms with Gasteiger partial charge in [0.25, 0.3) is 11.8 Å². The molecule has 0 spiro atoms. The van der Waals surface area contributed by atoms with Gasteiger partial charge >= 0.3 is 0 Å². The molecule has 3 N–H and O–H groups in total. The molecule has 324 valence electrons. The van der Waals surface area contributed by atoms with Crippen LogP contribution in [0.4, 0.5) is 16.8 Å². The van der Waals surface area contributed by atoms with Crippen molar-refractivity contribution in [3.8, 4) is 5.75 Å². The predicted octanol–water partition coefficient (Wildman–Crippen LogP) is 4.22. The first-order chi connectivity index (χ1) is 29.8. The molecule has 5 amide bonds. The topological polar surface area (TPSA) is 213 Å². The van der Waals surface area contributed by atoms with Gasteiger partial charge in [-0.15, -0.1) is 0 Å². The van der Waals surface area contributed by atoms with E-state index in [9.17, 15) is 33.6 Å². The van der Waals surface area contributed by atoms with Crippen LogP contribution >= 0.6 is 22.9 Å². The summed E-state index contributed by atoms with van der Waals surface area (Å²) in [4.78, 5) is 108. The second-order valence-electron chi connectivity index (χ2n) is 15.3. The monoisotopic (exact) mass is 883 g/mol. The van der Waals surface area contributed by atoms with Crippen LogP contribution in [-0.2, 0) is 25.6 Å². The third kappa shape index (κ3) is 10.5. The molecule has 0 radical (unpaired) electrons. The Kier molecular flexibility index (Phi) is 14.0. The van der Waals surface area contributed by atoms with Gasteiger partial charge in [-0.3, -0.25) is 48.7 Å². The number of unbranched alkanes of at least 4 members (excludes halogenated alkanes) is 2. The van der Waals surface area contributed by atoms with E-state index in [1.807, 2.05) is 32.0 Å². The normalized spacial score (nSPS) is 16.6. The van der Waals surface area contributed by atoms with Crippen LogP contribution in [-0.4, -0.2) is 118 Å². The lowest BCUT2D eigenvalue weighted by Gasteiger charge is -2.35. The van der Waals surface area contributed by atoms with Crippen LogP contribution in [0.15, 0.2) is 48.7 Å². The molecular formula is C43H46ClN9O8S. The summed E-state index contributed by atoms with van der Waals surface area (Å²) in [5.41, 5.74) is 1.85. The number of Topliss-reactive ketones (excluding diaryl/α,β-unsaturated/α-hetero) is 2. The number of piperazine rings is 1. The van der Waals surface area contributed by atoms with Crippen molar-refractivity contribution in [2.45, 2.75) is 64.8 Å². The summed E-state index contributed by atoms with van der Waals surface area (Å²) in [5.74, 6) is -0.853. The van der Waals surface area contributed by atoms with E-state index in [4.69, 9.17) is 16.3 Å². The van der Waals surface area contributed by atoms with Gasteiger partial charge in [-0.2, -0.15) is 0 Å². The molecule has 7 rings (SSSR count). The third-order valence-electron chi connectivity index (χ3n) is 10.9. The Balaban J connectivity index is 0.781. The Labute approximate surface area is 366 Å². The first-order valence-electron chi connectivity index (χ1n) is 20.4. The number of amides is 5. The number of thiazole rings is 1. The van der Waals surface area contributed by atoms with E-state index in [2.05, 4.69) is 40.7 Å². The van der Waals surface area contributed by atoms with E-state index >= 15 is 0 Å². The maximum absolute atomic E-state index is 13.2. The van der Waals surface area contributed by atoms with Crippen LogP contribution in [0.1, 0.15) is 85.9 Å². The zero-order chi connectivity index (χ0) is 43.9. The molecule has 19 heteroatoms. The standard InChI is InChI=1S/C43H46ClN9O8S/c1-25-8-6-11-30(44)29(25)20-32(55)34-22-46-43(62-34)49-35-21-36(48-26(2)47-35)52-18-16-51(17-19-52)23-38(57)45-15-5-3-4-9-27(54)24-61-33-12-7-10-28-39(33)42(60)53(41(28)59)31-13-14-37(56)50-40(31)58/h6-8,10-12,21-22,31H,3-5,9,13-20,23-24H2,1-2H3,(H,45,57)(H,50,56,58)(H,46,47,48,49). The number of piperidine rings is 1. The highest BCUT2D eigenvalue weighted by atomic mass is 35.5. The molecule has 4 aromatic rings. The molecule has 3 aliphatic heterocycles. The van der Waals surface area contributed by atoms with E-state index in [0.717, 1.165) is 21.8 Å². The molecule has 17 nitrogen and oxygen atoms in total. The Morgan fingerprint density at radius 1 is 0.968 bits per heavy atom. The van der Waals surface area contributed by atoms with Crippen molar-refractivity contribution in [1.82, 2.24) is 35.4 Å². The summed E-state index contributed by atoms with van der Waals surface area (Å²) in [6, 6.07) is 10.8. The Bertz CT molecular complexity index is 2400. The maximum atomic E-state index is 13.2. The van der Waals surface area contributed by atoms with E-state index in [1.54, 1.807) is 18.3 Å². The van der Waals surface area contributed by atoms with Crippen molar-refractivity contribution in [3.05, 3.63) is 86.6 Å². The first-order valence-corrected chi connectivity index (χ1v) is 21.6. The minimum Gasteiger partial charge on any atom is -0.485 e. The summed E-state index contributed by atoms with van der Waals surface area (Å²) >= 11 is 7.59. The molecule has 1 unspecified atom stereocenters. The lowest BCUT2D eigenvalue weighted by atomic mass is 10.0. The Hall–Kier alpha value is -6.11. The molecule has 62 heavy (non-hydrogen) atoms. The molecular weight excluding hydrogens is 838 g/mol. The highest BCUT2D eigenvalue weighted by Crippen LogP contribution is 2.34. The van der Waals surface area contributed by atoms with Crippen LogP contribution in [0.3, 0.4) is 0 Å². The molecule has 3 aliphatic rings. The minimum atomic E-state index is -1.10. The van der Waals surface area contributed by atoms with Crippen LogP contribution in [0.5, 0.6) is 5.75 Å². The number of aryl methyl sites for hydroxylation is 2. The smallest absolute Gasteiger partial charge is 0.266 e. The molecule has 2 saturated heterocycles. The lowest BCUT2D eigenvalue weighted by Crippen LogP contribution is -2.54. The summed E-state index contributed by atoms with van der Waals surface area (Å²) in [6.07, 6.45) is 4.02. The highest BCUT2D eigenvalue weighted by Gasteiger charge is 2.46. The summed E-state index contributed by atoms with van der Waals surface area (Å²) in [5, 5.41) is 9.46. The number of imide groups is 2. The van der Waals surface area contributed by atoms with E-state index in [1.165, 1.54) is 23.5 Å². The summed E-state index contributed by atoms with van der Waals surface area (Å²) < 4.78 is 5.69. The lowest BCUT2D eigenvalue weighted by molar-refractivity contribution is -0.136. The number of fused-ring (bicyclic) bond motifs is 1. The Morgan fingerprint density at radius 2 is 1.76 bits per heavy atom. The van der Waals surface area contributed by atoms with Crippen LogP contribution < -0.4 is 25.6 Å². The second-order valence-corrected chi connectivity index (χ2v) is 16.8. The quantitative estimate of drug-likeness (QED) is 0.0726. The number of rotatable bonds is 18. The van der Waals surface area contributed by atoms with E-state index in [-0.39, 0.29) is 73.2 Å². The second kappa shape index (κ2) is 19.7. The number of ether oxygens (including phenoxy) is 1. The fourth-order valence-corrected chi connectivity index (χ4v) is 8.62. The molecule has 2 aromatic carbocycles. The SMILES string of the molecule is Cc1nc(Nc2ncc(C(=O)Cc3c(C)cccc3Cl)s2)cc(N2CCN(CC(=O)NCCCCCC(=O)COc3cccc4c3C(=O)N(C3CCC(=O)NC3=O)C4=O)CC2)n1. The number of hydrogen-bond acceptors (Lipinski definition) is 15. The number of ketones is 2. The number of hydrogen-bond donors (Lipinski definition) is 3. The van der Waals surface area contributed by atoms with E-state index in [0.29, 0.717) is 78.7 Å². The average Bonchev–Trinajstić information content (AvgIpc) is 3.81. The van der Waals surface area contributed by atoms with E-state index < -0.39 is 29.7 Å². The number of benzene rings is 2. The van der Waals surface area contributed by atoms with Crippen molar-refractivity contribution in [3.63, 3.8) is 0 Å². The number of halogens is 1. The summed E-state index contributed by atoms with van der Waals surface area (Å²) in [7, 11) is 0. The molecule has 5 heterocycles. The largest absolute Gasteiger partial charge is 0.485 e. The number of aromatic nitrogens is 3. The average molecular weight is 884 g/mol. The molecule has 0 saturated carbocycles. The van der Waals surface area contributed by atoms with Gasteiger partial charge in [0, 0.05) is 63.1 Å². The van der Waals surface area contributed by atoms with Crippen molar-refractivity contribution in [1.29, 1.82) is 0 Å². The number of carbonyl (C=O) groups is 7. The highest BCUT2D eigenvalue weighted by molar-refractivity contribution is 7.17. The van der Waals surface area contributed by atoms with Gasteiger partial charge in [0.05, 0.1) is 28.7 Å². The van der Waals surface area contributed by atoms with Gasteiger partial charge in [-0.25, -0.2) is 15.0 Å². The van der Waals surface area contributed by atoms with Gasteiger partial charge in [-0.1, -0.05) is 47.6 Å². The van der Waals surface area contributed by atoms with Gasteiger partial charge in [0.15, 0.2) is 16.7 Å². The fraction of sp³-hybridized carbons (Fsp3) is 0.395. The predicted molar refractivity (Wildman–Crippen MR) is 230 cm³/mol. The van der Waals surface area contributed by atoms with Crippen molar-refractivity contribution in [2.24, 2.45) is 0 Å². The van der Waals surface area contributed by atoms with Crippen molar-refractivity contribution >= 4 is 80.8 Å². The number of nitrogens with zero attached hydrogens (tertiary/aromatic N) is 6. The van der Waals surface area contributed by atoms with Gasteiger partial charge in [-0.05, 0) is 62.4 Å². The van der Waals surface area contributed by atoms with Gasteiger partial charge in [0.2, 0.25) is 17.7 Å². The minimum absolute atomic E-state index is 0.00412. The molecule has 0 aliphatic carbocycles. The molecule has 0 bridgehead atoms. The van der Waals surface area contributed by atoms with Crippen LogP contribution in [0, 0.1) is 13.8 Å². The first kappa shape index (κ1) is 44.0. The molecule has 1 atom stereocenters. The van der Waals surface area contributed by atoms with Crippen molar-refractivity contribution in [2.75, 3.05) is 56.1 Å². The molecule has 2 fully saturated rings. The zero-order valence-electron chi connectivity index (χ0n) is 34.3. The number of nitrogens with one attached hydrogen (secondary N) is 3. The number of anilines is 3. The zero-order valence-corrected chi connectivity index (χ0v) is 35.9. The van der Waals surface area contributed by atoms with Crippen molar-refractivity contribution < 1.29 is 38.3 Å². The summed E-state index contributed by atoms with van der Waals surface area (Å²) in [6.45, 7) is 6.87. The van der Waals surface area contributed by atoms with Crippen LogP contribution in [0.25, 0.3) is 0 Å². The maximum Gasteiger partial charge on any atom is 0.266 e. The fourth-order valence-electron chi connectivity index (χ4n) is 7.57. The van der Waals surface area contributed by atoms with Gasteiger partial charge in [0.1, 0.15) is 35.9 Å². The third-order valence-corrected chi connectivity index (χ3v) is 12.2. The number of carbonyl (C=O) groups excluding carboxylic acids is 7. The molecule has 2 aromatic heterocycles. The van der Waals surface area contributed by atoms with Gasteiger partial charge < -0.3 is 20.3 Å². The Morgan fingerprint density at radius 3 is 2.53 bits per heavy atom. The van der Waals surface area contributed by atoms with Crippen LogP contribution in [0.2, 0.25) is 5.02 Å².